The second-order valence-corrected chi connectivity index (χ2v) is 7.45. The van der Waals surface area contributed by atoms with Crippen LogP contribution < -0.4 is 10.1 Å². The number of hydrogen-bond acceptors (Lipinski definition) is 5. The molecule has 0 bridgehead atoms. The molecule has 3 rings (SSSR count). The van der Waals surface area contributed by atoms with Crippen LogP contribution in [0.1, 0.15) is 26.6 Å². The van der Waals surface area contributed by atoms with Crippen molar-refractivity contribution in [3.8, 4) is 5.75 Å². The number of ether oxygens (including phenoxy) is 1. The first-order valence-electron chi connectivity index (χ1n) is 8.08. The molecule has 0 saturated carbocycles. The van der Waals surface area contributed by atoms with Gasteiger partial charge < -0.3 is 9.30 Å². The summed E-state index contributed by atoms with van der Waals surface area (Å²) in [6.45, 7) is 4.62. The first-order valence-corrected chi connectivity index (χ1v) is 9.27. The van der Waals surface area contributed by atoms with Crippen molar-refractivity contribution in [2.45, 2.75) is 20.3 Å². The van der Waals surface area contributed by atoms with E-state index in [1.54, 1.807) is 23.9 Å². The number of hydrogen-bond donors (Lipinski definition) is 1. The lowest BCUT2D eigenvalue weighted by atomic mass is 10.1. The molecule has 0 saturated heterocycles. The Kier molecular flexibility index (Phi) is 5.58. The van der Waals surface area contributed by atoms with Gasteiger partial charge in [-0.25, -0.2) is 0 Å². The quantitative estimate of drug-likeness (QED) is 0.690. The summed E-state index contributed by atoms with van der Waals surface area (Å²) in [6.07, 6.45) is 2.29. The standard InChI is InChI=1S/C18H19ClN4O2S/c1-11-4-5-14(8-12(11)2)25-7-6-16-21-22-18(26-16)20-17(24)15-9-13(19)10-23(15)3/h4-5,8-10H,6-7H2,1-3H3,(H,20,22,24). The summed E-state index contributed by atoms with van der Waals surface area (Å²) in [5.74, 6) is 0.570. The molecule has 0 fully saturated rings. The number of anilines is 1. The average Bonchev–Trinajstić information content (AvgIpc) is 3.16. The Balaban J connectivity index is 1.53. The highest BCUT2D eigenvalue weighted by Crippen LogP contribution is 2.20. The fourth-order valence-corrected chi connectivity index (χ4v) is 3.34. The highest BCUT2D eigenvalue weighted by molar-refractivity contribution is 7.15. The van der Waals surface area contributed by atoms with E-state index < -0.39 is 0 Å². The number of amides is 1. The molecule has 2 heterocycles. The number of aryl methyl sites for hydroxylation is 3. The van der Waals surface area contributed by atoms with E-state index in [-0.39, 0.29) is 5.91 Å². The number of aromatic nitrogens is 3. The number of carbonyl (C=O) groups is 1. The Morgan fingerprint density at radius 2 is 2.08 bits per heavy atom. The molecule has 1 amide bonds. The van der Waals surface area contributed by atoms with E-state index in [0.29, 0.717) is 28.9 Å². The Hall–Kier alpha value is -2.38. The Bertz CT molecular complexity index is 935. The van der Waals surface area contributed by atoms with Crippen molar-refractivity contribution in [1.82, 2.24) is 14.8 Å². The van der Waals surface area contributed by atoms with Crippen molar-refractivity contribution in [2.24, 2.45) is 7.05 Å². The second kappa shape index (κ2) is 7.88. The number of nitrogens with zero attached hydrogens (tertiary/aromatic N) is 3. The summed E-state index contributed by atoms with van der Waals surface area (Å²) in [5.41, 5.74) is 2.90. The maximum Gasteiger partial charge on any atom is 0.274 e. The third-order valence-electron chi connectivity index (χ3n) is 3.95. The van der Waals surface area contributed by atoms with Crippen LogP contribution in [0.4, 0.5) is 5.13 Å². The summed E-state index contributed by atoms with van der Waals surface area (Å²) in [6, 6.07) is 7.63. The normalized spacial score (nSPS) is 10.8. The lowest BCUT2D eigenvalue weighted by Crippen LogP contribution is -2.15. The van der Waals surface area contributed by atoms with E-state index in [0.717, 1.165) is 10.8 Å². The molecule has 0 atom stereocenters. The Morgan fingerprint density at radius 1 is 1.27 bits per heavy atom. The maximum absolute atomic E-state index is 12.2. The van der Waals surface area contributed by atoms with Gasteiger partial charge in [0.05, 0.1) is 11.6 Å². The van der Waals surface area contributed by atoms with E-state index in [1.807, 2.05) is 18.2 Å². The average molecular weight is 391 g/mol. The third-order valence-corrected chi connectivity index (χ3v) is 5.06. The Labute approximate surface area is 160 Å². The first-order chi connectivity index (χ1) is 12.4. The lowest BCUT2D eigenvalue weighted by Gasteiger charge is -2.07. The summed E-state index contributed by atoms with van der Waals surface area (Å²) in [7, 11) is 1.76. The number of benzene rings is 1. The van der Waals surface area contributed by atoms with Crippen molar-refractivity contribution in [3.63, 3.8) is 0 Å². The van der Waals surface area contributed by atoms with E-state index in [2.05, 4.69) is 29.4 Å². The molecule has 0 spiro atoms. The monoisotopic (exact) mass is 390 g/mol. The number of carbonyl (C=O) groups excluding carboxylic acids is 1. The fraction of sp³-hybridized carbons (Fsp3) is 0.278. The predicted octanol–water partition coefficient (Wildman–Crippen LogP) is 4.02. The minimum atomic E-state index is -0.270. The third kappa shape index (κ3) is 4.42. The predicted molar refractivity (Wildman–Crippen MR) is 103 cm³/mol. The number of nitrogens with one attached hydrogen (secondary N) is 1. The largest absolute Gasteiger partial charge is 0.493 e. The minimum absolute atomic E-state index is 0.270. The highest BCUT2D eigenvalue weighted by atomic mass is 35.5. The zero-order chi connectivity index (χ0) is 18.7. The number of rotatable bonds is 6. The van der Waals surface area contributed by atoms with E-state index in [4.69, 9.17) is 16.3 Å². The van der Waals surface area contributed by atoms with Gasteiger partial charge in [0, 0.05) is 19.7 Å². The molecule has 0 aliphatic carbocycles. The first kappa shape index (κ1) is 18.4. The molecular formula is C18H19ClN4O2S. The molecule has 1 N–H and O–H groups in total. The van der Waals surface area contributed by atoms with Gasteiger partial charge in [0.15, 0.2) is 0 Å². The lowest BCUT2D eigenvalue weighted by molar-refractivity contribution is 0.101. The van der Waals surface area contributed by atoms with Gasteiger partial charge in [0.25, 0.3) is 5.91 Å². The van der Waals surface area contributed by atoms with Crippen LogP contribution in [0.25, 0.3) is 0 Å². The summed E-state index contributed by atoms with van der Waals surface area (Å²) in [5, 5.41) is 12.6. The topological polar surface area (TPSA) is 69.0 Å². The highest BCUT2D eigenvalue weighted by Gasteiger charge is 2.14. The van der Waals surface area contributed by atoms with Crippen molar-refractivity contribution in [3.05, 3.63) is 57.3 Å². The fourth-order valence-electron chi connectivity index (χ4n) is 2.38. The smallest absolute Gasteiger partial charge is 0.274 e. The molecule has 136 valence electrons. The molecule has 0 unspecified atom stereocenters. The summed E-state index contributed by atoms with van der Waals surface area (Å²) in [4.78, 5) is 12.2. The van der Waals surface area contributed by atoms with E-state index >= 15 is 0 Å². The van der Waals surface area contributed by atoms with Crippen LogP contribution in [-0.4, -0.2) is 27.3 Å². The van der Waals surface area contributed by atoms with Crippen LogP contribution in [0.15, 0.2) is 30.5 Å². The van der Waals surface area contributed by atoms with Gasteiger partial charge in [0.1, 0.15) is 16.5 Å². The molecule has 0 aliphatic rings. The SMILES string of the molecule is Cc1ccc(OCCc2nnc(NC(=O)c3cc(Cl)cn3C)s2)cc1C. The molecule has 1 aromatic carbocycles. The minimum Gasteiger partial charge on any atom is -0.493 e. The van der Waals surface area contributed by atoms with Crippen molar-refractivity contribution in [1.29, 1.82) is 0 Å². The van der Waals surface area contributed by atoms with Crippen LogP contribution in [0.2, 0.25) is 5.02 Å². The molecule has 8 heteroatoms. The number of halogens is 1. The zero-order valence-corrected chi connectivity index (χ0v) is 16.3. The van der Waals surface area contributed by atoms with Crippen LogP contribution >= 0.6 is 22.9 Å². The second-order valence-electron chi connectivity index (χ2n) is 5.95. The summed E-state index contributed by atoms with van der Waals surface area (Å²) >= 11 is 7.24. The maximum atomic E-state index is 12.2. The van der Waals surface area contributed by atoms with Crippen LogP contribution in [0, 0.1) is 13.8 Å². The molecule has 6 nitrogen and oxygen atoms in total. The van der Waals surface area contributed by atoms with Gasteiger partial charge in [-0.05, 0) is 43.2 Å². The molecule has 0 radical (unpaired) electrons. The van der Waals surface area contributed by atoms with Crippen LogP contribution in [0.3, 0.4) is 0 Å². The van der Waals surface area contributed by atoms with Gasteiger partial charge in [0.2, 0.25) is 5.13 Å². The molecule has 3 aromatic rings. The van der Waals surface area contributed by atoms with Gasteiger partial charge >= 0.3 is 0 Å². The van der Waals surface area contributed by atoms with Gasteiger partial charge in [-0.15, -0.1) is 10.2 Å². The summed E-state index contributed by atoms with van der Waals surface area (Å²) < 4.78 is 7.42. The van der Waals surface area contributed by atoms with Crippen LogP contribution in [-0.2, 0) is 13.5 Å². The zero-order valence-electron chi connectivity index (χ0n) is 14.7. The van der Waals surface area contributed by atoms with Crippen molar-refractivity contribution in [2.75, 3.05) is 11.9 Å². The van der Waals surface area contributed by atoms with Gasteiger partial charge in [-0.3, -0.25) is 10.1 Å². The van der Waals surface area contributed by atoms with Crippen molar-refractivity contribution >= 4 is 34.0 Å². The van der Waals surface area contributed by atoms with E-state index in [1.165, 1.54) is 22.5 Å². The molecule has 26 heavy (non-hydrogen) atoms. The molecular weight excluding hydrogens is 372 g/mol. The molecule has 2 aromatic heterocycles. The van der Waals surface area contributed by atoms with Gasteiger partial charge in [-0.1, -0.05) is 29.0 Å². The van der Waals surface area contributed by atoms with Crippen LogP contribution in [0.5, 0.6) is 5.75 Å². The van der Waals surface area contributed by atoms with Crippen molar-refractivity contribution < 1.29 is 9.53 Å². The molecule has 0 aliphatic heterocycles. The van der Waals surface area contributed by atoms with E-state index in [9.17, 15) is 4.79 Å². The Morgan fingerprint density at radius 3 is 2.77 bits per heavy atom. The van der Waals surface area contributed by atoms with Gasteiger partial charge in [-0.2, -0.15) is 0 Å².